The molecule has 7 heteroatoms. The number of anilines is 1. The van der Waals surface area contributed by atoms with Gasteiger partial charge in [-0.25, -0.2) is 0 Å². The van der Waals surface area contributed by atoms with Crippen molar-refractivity contribution in [3.05, 3.63) is 28.3 Å². The highest BCUT2D eigenvalue weighted by Crippen LogP contribution is 2.27. The number of nitrogens with zero attached hydrogens (tertiary/aromatic N) is 1. The molecule has 0 atom stereocenters. The molecule has 3 N–H and O–H groups in total. The van der Waals surface area contributed by atoms with Crippen molar-refractivity contribution < 1.29 is 14.8 Å². The molecule has 0 bridgehead atoms. The molecule has 0 aromatic heterocycles. The molecule has 18 heavy (non-hydrogen) atoms. The van der Waals surface area contributed by atoms with Gasteiger partial charge in [-0.1, -0.05) is 0 Å². The SMILES string of the molecule is O=C(CNC1CC1)Nc1cc([N+](=O)[O-])ccc1O. The topological polar surface area (TPSA) is 104 Å². The summed E-state index contributed by atoms with van der Waals surface area (Å²) >= 11 is 0. The maximum Gasteiger partial charge on any atom is 0.271 e. The Morgan fingerprint density at radius 1 is 1.50 bits per heavy atom. The Morgan fingerprint density at radius 3 is 2.83 bits per heavy atom. The van der Waals surface area contributed by atoms with Gasteiger partial charge in [0.1, 0.15) is 5.75 Å². The van der Waals surface area contributed by atoms with Gasteiger partial charge in [-0.15, -0.1) is 0 Å². The molecule has 0 saturated heterocycles. The number of hydrogen-bond donors (Lipinski definition) is 3. The van der Waals surface area contributed by atoms with Gasteiger partial charge in [0.15, 0.2) is 0 Å². The molecule has 1 aromatic rings. The minimum Gasteiger partial charge on any atom is -0.506 e. The minimum absolute atomic E-state index is 0.0480. The van der Waals surface area contributed by atoms with E-state index in [0.717, 1.165) is 18.9 Å². The zero-order valence-corrected chi connectivity index (χ0v) is 9.55. The van der Waals surface area contributed by atoms with Crippen LogP contribution in [0.2, 0.25) is 0 Å². The molecule has 2 rings (SSSR count). The zero-order valence-electron chi connectivity index (χ0n) is 9.55. The summed E-state index contributed by atoms with van der Waals surface area (Å²) in [5.41, 5.74) is -0.134. The molecule has 7 nitrogen and oxygen atoms in total. The maximum atomic E-state index is 11.5. The first-order chi connectivity index (χ1) is 8.56. The van der Waals surface area contributed by atoms with Crippen LogP contribution in [0.4, 0.5) is 11.4 Å². The van der Waals surface area contributed by atoms with E-state index in [1.165, 1.54) is 12.1 Å². The number of phenols is 1. The molecule has 1 saturated carbocycles. The van der Waals surface area contributed by atoms with E-state index in [0.29, 0.717) is 6.04 Å². The normalized spacial score (nSPS) is 14.2. The van der Waals surface area contributed by atoms with Crippen LogP contribution in [0.15, 0.2) is 18.2 Å². The number of carbonyl (C=O) groups excluding carboxylic acids is 1. The fourth-order valence-electron chi connectivity index (χ4n) is 1.46. The quantitative estimate of drug-likeness (QED) is 0.411. The van der Waals surface area contributed by atoms with E-state index >= 15 is 0 Å². The van der Waals surface area contributed by atoms with Crippen molar-refractivity contribution in [2.45, 2.75) is 18.9 Å². The monoisotopic (exact) mass is 251 g/mol. The third-order valence-corrected chi connectivity index (χ3v) is 2.59. The van der Waals surface area contributed by atoms with Crippen molar-refractivity contribution >= 4 is 17.3 Å². The highest BCUT2D eigenvalue weighted by atomic mass is 16.6. The van der Waals surface area contributed by atoms with Gasteiger partial charge in [-0.3, -0.25) is 14.9 Å². The number of aromatic hydroxyl groups is 1. The average Bonchev–Trinajstić information content (AvgIpc) is 3.13. The number of carbonyl (C=O) groups is 1. The first-order valence-electron chi connectivity index (χ1n) is 5.57. The summed E-state index contributed by atoms with van der Waals surface area (Å²) < 4.78 is 0. The summed E-state index contributed by atoms with van der Waals surface area (Å²) in [4.78, 5) is 21.5. The standard InChI is InChI=1S/C11H13N3O4/c15-10-4-3-8(14(17)18)5-9(10)13-11(16)6-12-7-1-2-7/h3-5,7,12,15H,1-2,6H2,(H,13,16). The van der Waals surface area contributed by atoms with Gasteiger partial charge in [0, 0.05) is 18.2 Å². The number of hydrogen-bond acceptors (Lipinski definition) is 5. The van der Waals surface area contributed by atoms with Gasteiger partial charge in [0.25, 0.3) is 5.69 Å². The van der Waals surface area contributed by atoms with Crippen LogP contribution in [-0.2, 0) is 4.79 Å². The van der Waals surface area contributed by atoms with Gasteiger partial charge >= 0.3 is 0 Å². The lowest BCUT2D eigenvalue weighted by Gasteiger charge is -2.07. The summed E-state index contributed by atoms with van der Waals surface area (Å²) in [6.07, 6.45) is 2.13. The maximum absolute atomic E-state index is 11.5. The molecule has 0 spiro atoms. The van der Waals surface area contributed by atoms with Gasteiger partial charge in [-0.05, 0) is 18.9 Å². The highest BCUT2D eigenvalue weighted by molar-refractivity contribution is 5.94. The van der Waals surface area contributed by atoms with Crippen molar-refractivity contribution in [1.82, 2.24) is 5.32 Å². The van der Waals surface area contributed by atoms with Crippen molar-refractivity contribution in [2.75, 3.05) is 11.9 Å². The number of nitro benzene ring substituents is 1. The highest BCUT2D eigenvalue weighted by Gasteiger charge is 2.21. The fourth-order valence-corrected chi connectivity index (χ4v) is 1.46. The smallest absolute Gasteiger partial charge is 0.271 e. The van der Waals surface area contributed by atoms with Gasteiger partial charge < -0.3 is 15.7 Å². The summed E-state index contributed by atoms with van der Waals surface area (Å²) in [7, 11) is 0. The predicted molar refractivity (Wildman–Crippen MR) is 64.4 cm³/mol. The van der Waals surface area contributed by atoms with Crippen LogP contribution >= 0.6 is 0 Å². The van der Waals surface area contributed by atoms with Crippen LogP contribution in [0, 0.1) is 10.1 Å². The molecular weight excluding hydrogens is 238 g/mol. The van der Waals surface area contributed by atoms with Crippen LogP contribution in [0.1, 0.15) is 12.8 Å². The molecule has 0 radical (unpaired) electrons. The van der Waals surface area contributed by atoms with Crippen LogP contribution in [0.3, 0.4) is 0 Å². The van der Waals surface area contributed by atoms with E-state index in [2.05, 4.69) is 10.6 Å². The van der Waals surface area contributed by atoms with Crippen molar-refractivity contribution in [1.29, 1.82) is 0 Å². The Bertz CT molecular complexity index is 485. The molecule has 1 amide bonds. The first kappa shape index (κ1) is 12.3. The molecule has 1 aliphatic rings. The summed E-state index contributed by atoms with van der Waals surface area (Å²) in [6, 6.07) is 3.88. The Labute approximate surface area is 103 Å². The predicted octanol–water partition coefficient (Wildman–Crippen LogP) is 0.991. The van der Waals surface area contributed by atoms with Crippen LogP contribution < -0.4 is 10.6 Å². The van der Waals surface area contributed by atoms with Gasteiger partial charge in [0.05, 0.1) is 17.2 Å². The number of rotatable bonds is 5. The van der Waals surface area contributed by atoms with Gasteiger partial charge in [-0.2, -0.15) is 0 Å². The lowest BCUT2D eigenvalue weighted by molar-refractivity contribution is -0.384. The minimum atomic E-state index is -0.586. The van der Waals surface area contributed by atoms with Gasteiger partial charge in [0.2, 0.25) is 5.91 Å². The number of non-ortho nitro benzene ring substituents is 1. The van der Waals surface area contributed by atoms with Crippen LogP contribution in [-0.4, -0.2) is 28.5 Å². The number of benzene rings is 1. The summed E-state index contributed by atoms with van der Waals surface area (Å²) in [5, 5.41) is 25.5. The Hall–Kier alpha value is -2.15. The fraction of sp³-hybridized carbons (Fsp3) is 0.364. The first-order valence-corrected chi connectivity index (χ1v) is 5.57. The third-order valence-electron chi connectivity index (χ3n) is 2.59. The van der Waals surface area contributed by atoms with E-state index in [1.54, 1.807) is 0 Å². The van der Waals surface area contributed by atoms with Crippen LogP contribution in [0.5, 0.6) is 5.75 Å². The lowest BCUT2D eigenvalue weighted by Crippen LogP contribution is -2.29. The summed E-state index contributed by atoms with van der Waals surface area (Å²) in [6.45, 7) is 0.132. The van der Waals surface area contributed by atoms with E-state index in [1.807, 2.05) is 0 Å². The second-order valence-electron chi connectivity index (χ2n) is 4.16. The van der Waals surface area contributed by atoms with E-state index in [9.17, 15) is 20.0 Å². The van der Waals surface area contributed by atoms with Crippen molar-refractivity contribution in [2.24, 2.45) is 0 Å². The van der Waals surface area contributed by atoms with E-state index < -0.39 is 4.92 Å². The molecule has 0 heterocycles. The second kappa shape index (κ2) is 5.01. The Morgan fingerprint density at radius 2 is 2.22 bits per heavy atom. The third kappa shape index (κ3) is 3.17. The van der Waals surface area contributed by atoms with Crippen molar-refractivity contribution in [3.8, 4) is 5.75 Å². The average molecular weight is 251 g/mol. The Balaban J connectivity index is 1.99. The summed E-state index contributed by atoms with van der Waals surface area (Å²) in [5.74, 6) is -0.530. The number of nitro groups is 1. The second-order valence-corrected chi connectivity index (χ2v) is 4.16. The van der Waals surface area contributed by atoms with Crippen molar-refractivity contribution in [3.63, 3.8) is 0 Å². The lowest BCUT2D eigenvalue weighted by atomic mass is 10.2. The zero-order chi connectivity index (χ0) is 13.1. The number of amides is 1. The molecule has 1 aliphatic carbocycles. The molecular formula is C11H13N3O4. The number of phenolic OH excluding ortho intramolecular Hbond substituents is 1. The molecule has 0 aliphatic heterocycles. The molecule has 1 aromatic carbocycles. The molecule has 0 unspecified atom stereocenters. The molecule has 1 fully saturated rings. The van der Waals surface area contributed by atoms with Crippen LogP contribution in [0.25, 0.3) is 0 Å². The number of nitrogens with one attached hydrogen (secondary N) is 2. The van der Waals surface area contributed by atoms with E-state index in [-0.39, 0.29) is 29.6 Å². The largest absolute Gasteiger partial charge is 0.506 e. The Kier molecular flexibility index (Phi) is 3.42. The van der Waals surface area contributed by atoms with E-state index in [4.69, 9.17) is 0 Å². The molecule has 96 valence electrons.